The normalized spacial score (nSPS) is 16.4. The van der Waals surface area contributed by atoms with Gasteiger partial charge in [0.15, 0.2) is 0 Å². The number of H-pyrrole nitrogens is 1. The quantitative estimate of drug-likeness (QED) is 0.508. The number of nitrogens with zero attached hydrogens (tertiary/aromatic N) is 1. The van der Waals surface area contributed by atoms with Gasteiger partial charge in [0.1, 0.15) is 11.7 Å². The Kier molecular flexibility index (Phi) is 7.47. The lowest BCUT2D eigenvalue weighted by molar-refractivity contribution is -0.125. The molecule has 0 spiro atoms. The fourth-order valence-electron chi connectivity index (χ4n) is 3.96. The summed E-state index contributed by atoms with van der Waals surface area (Å²) in [5, 5.41) is 3.50. The van der Waals surface area contributed by atoms with Crippen LogP contribution in [-0.4, -0.2) is 47.0 Å². The van der Waals surface area contributed by atoms with Gasteiger partial charge < -0.3 is 19.9 Å². The summed E-state index contributed by atoms with van der Waals surface area (Å²) in [6, 6.07) is 20.1. The van der Waals surface area contributed by atoms with Crippen molar-refractivity contribution >= 4 is 23.4 Å². The molecule has 6 nitrogen and oxygen atoms in total. The highest BCUT2D eigenvalue weighted by molar-refractivity contribution is 6.31. The lowest BCUT2D eigenvalue weighted by atomic mass is 10.1. The Labute approximate surface area is 198 Å². The van der Waals surface area contributed by atoms with Gasteiger partial charge in [-0.3, -0.25) is 9.59 Å². The molecule has 1 aromatic heterocycles. The molecule has 0 radical (unpaired) electrons. The van der Waals surface area contributed by atoms with Gasteiger partial charge in [-0.1, -0.05) is 60.1 Å². The highest BCUT2D eigenvalue weighted by Crippen LogP contribution is 2.23. The van der Waals surface area contributed by atoms with E-state index in [2.05, 4.69) is 10.3 Å². The van der Waals surface area contributed by atoms with Gasteiger partial charge in [-0.2, -0.15) is 0 Å². The number of amides is 2. The number of halogens is 1. The first-order valence-electron chi connectivity index (χ1n) is 11.2. The molecule has 33 heavy (non-hydrogen) atoms. The molecule has 2 heterocycles. The maximum absolute atomic E-state index is 13.6. The Morgan fingerprint density at radius 2 is 1.88 bits per heavy atom. The summed E-state index contributed by atoms with van der Waals surface area (Å²) in [6.45, 7) is 3.12. The van der Waals surface area contributed by atoms with Gasteiger partial charge >= 0.3 is 0 Å². The maximum Gasteiger partial charge on any atom is 0.271 e. The minimum absolute atomic E-state index is 0.0331. The zero-order valence-corrected chi connectivity index (χ0v) is 19.3. The van der Waals surface area contributed by atoms with Crippen LogP contribution in [0.3, 0.4) is 0 Å². The predicted octanol–water partition coefficient (Wildman–Crippen LogP) is 4.66. The van der Waals surface area contributed by atoms with Crippen LogP contribution in [-0.2, 0) is 16.1 Å². The number of rotatable bonds is 8. The molecule has 2 aromatic carbocycles. The van der Waals surface area contributed by atoms with Gasteiger partial charge in [-0.05, 0) is 49.1 Å². The van der Waals surface area contributed by atoms with E-state index in [0.717, 1.165) is 36.3 Å². The molecule has 7 heteroatoms. The molecule has 1 aliphatic heterocycles. The Bertz CT molecular complexity index is 1090. The average molecular weight is 466 g/mol. The molecule has 1 fully saturated rings. The number of carbonyl (C=O) groups excluding carboxylic acids is 2. The molecule has 172 valence electrons. The highest BCUT2D eigenvalue weighted by Gasteiger charge is 2.29. The largest absolute Gasteiger partial charge is 0.376 e. The van der Waals surface area contributed by atoms with E-state index in [1.807, 2.05) is 54.6 Å². The Hall–Kier alpha value is -3.09. The van der Waals surface area contributed by atoms with Crippen molar-refractivity contribution in [2.24, 2.45) is 0 Å². The third kappa shape index (κ3) is 5.64. The summed E-state index contributed by atoms with van der Waals surface area (Å²) in [6.07, 6.45) is 1.97. The van der Waals surface area contributed by atoms with E-state index in [1.54, 1.807) is 24.0 Å². The molecule has 2 amide bonds. The zero-order chi connectivity index (χ0) is 23.2. The SMILES string of the molecule is CC(C(=O)NCC1CCCO1)N(Cc1ccccc1Cl)C(=O)c1ccc(-c2ccccc2)[nH]1. The van der Waals surface area contributed by atoms with E-state index in [1.165, 1.54) is 0 Å². The van der Waals surface area contributed by atoms with Gasteiger partial charge in [-0.25, -0.2) is 0 Å². The summed E-state index contributed by atoms with van der Waals surface area (Å²) in [5.41, 5.74) is 3.02. The van der Waals surface area contributed by atoms with Crippen molar-refractivity contribution in [2.45, 2.75) is 38.5 Å². The lowest BCUT2D eigenvalue weighted by Crippen LogP contribution is -2.49. The molecule has 0 saturated carbocycles. The second-order valence-electron chi connectivity index (χ2n) is 8.23. The summed E-state index contributed by atoms with van der Waals surface area (Å²) >= 11 is 6.37. The molecule has 0 bridgehead atoms. The predicted molar refractivity (Wildman–Crippen MR) is 129 cm³/mol. The molecule has 0 aliphatic carbocycles. The van der Waals surface area contributed by atoms with Crippen molar-refractivity contribution in [3.8, 4) is 11.3 Å². The van der Waals surface area contributed by atoms with Crippen molar-refractivity contribution in [1.29, 1.82) is 0 Å². The van der Waals surface area contributed by atoms with Crippen molar-refractivity contribution in [2.75, 3.05) is 13.2 Å². The molecule has 1 aliphatic rings. The molecular weight excluding hydrogens is 438 g/mol. The number of carbonyl (C=O) groups is 2. The van der Waals surface area contributed by atoms with Crippen molar-refractivity contribution in [3.05, 3.63) is 83.0 Å². The van der Waals surface area contributed by atoms with Crippen LogP contribution >= 0.6 is 11.6 Å². The van der Waals surface area contributed by atoms with Crippen LogP contribution < -0.4 is 5.32 Å². The van der Waals surface area contributed by atoms with E-state index in [9.17, 15) is 9.59 Å². The van der Waals surface area contributed by atoms with Gasteiger partial charge in [0.25, 0.3) is 5.91 Å². The van der Waals surface area contributed by atoms with Gasteiger partial charge in [-0.15, -0.1) is 0 Å². The van der Waals surface area contributed by atoms with Crippen LogP contribution in [0.1, 0.15) is 35.8 Å². The van der Waals surface area contributed by atoms with Gasteiger partial charge in [0, 0.05) is 30.4 Å². The Morgan fingerprint density at radius 1 is 1.12 bits per heavy atom. The third-order valence-corrected chi connectivity index (χ3v) is 6.30. The van der Waals surface area contributed by atoms with E-state index in [-0.39, 0.29) is 24.5 Å². The molecule has 2 atom stereocenters. The fraction of sp³-hybridized carbons (Fsp3) is 0.308. The topological polar surface area (TPSA) is 74.4 Å². The average Bonchev–Trinajstić information content (AvgIpc) is 3.54. The number of hydrogen-bond donors (Lipinski definition) is 2. The Morgan fingerprint density at radius 3 is 2.61 bits per heavy atom. The van der Waals surface area contributed by atoms with E-state index in [4.69, 9.17) is 16.3 Å². The van der Waals surface area contributed by atoms with E-state index < -0.39 is 6.04 Å². The van der Waals surface area contributed by atoms with E-state index >= 15 is 0 Å². The van der Waals surface area contributed by atoms with Crippen LogP contribution in [0.2, 0.25) is 5.02 Å². The summed E-state index contributed by atoms with van der Waals surface area (Å²) in [5.74, 6) is -0.488. The fourth-order valence-corrected chi connectivity index (χ4v) is 4.16. The second-order valence-corrected chi connectivity index (χ2v) is 8.64. The number of aromatic nitrogens is 1. The van der Waals surface area contributed by atoms with Crippen LogP contribution in [0.5, 0.6) is 0 Å². The van der Waals surface area contributed by atoms with Crippen LogP contribution in [0, 0.1) is 0 Å². The maximum atomic E-state index is 13.6. The number of hydrogen-bond acceptors (Lipinski definition) is 3. The van der Waals surface area contributed by atoms with Gasteiger partial charge in [0.2, 0.25) is 5.91 Å². The van der Waals surface area contributed by atoms with Crippen LogP contribution in [0.15, 0.2) is 66.7 Å². The lowest BCUT2D eigenvalue weighted by Gasteiger charge is -2.29. The third-order valence-electron chi connectivity index (χ3n) is 5.94. The van der Waals surface area contributed by atoms with Gasteiger partial charge in [0.05, 0.1) is 6.10 Å². The number of nitrogens with one attached hydrogen (secondary N) is 2. The number of aromatic amines is 1. The molecule has 2 N–H and O–H groups in total. The monoisotopic (exact) mass is 465 g/mol. The summed E-state index contributed by atoms with van der Waals surface area (Å²) < 4.78 is 5.60. The first kappa shape index (κ1) is 23.1. The van der Waals surface area contributed by atoms with Crippen LogP contribution in [0.25, 0.3) is 11.3 Å². The van der Waals surface area contributed by atoms with Crippen molar-refractivity contribution in [3.63, 3.8) is 0 Å². The van der Waals surface area contributed by atoms with E-state index in [0.29, 0.717) is 17.3 Å². The van der Waals surface area contributed by atoms with Crippen LogP contribution in [0.4, 0.5) is 0 Å². The zero-order valence-electron chi connectivity index (χ0n) is 18.6. The molecule has 3 aromatic rings. The minimum Gasteiger partial charge on any atom is -0.376 e. The summed E-state index contributed by atoms with van der Waals surface area (Å²) in [7, 11) is 0. The van der Waals surface area contributed by atoms with Crippen molar-refractivity contribution < 1.29 is 14.3 Å². The minimum atomic E-state index is -0.696. The Balaban J connectivity index is 1.55. The highest BCUT2D eigenvalue weighted by atomic mass is 35.5. The first-order valence-corrected chi connectivity index (χ1v) is 11.6. The molecule has 4 rings (SSSR count). The standard InChI is InChI=1S/C26H28ClN3O3/c1-18(25(31)28-16-21-11-7-15-33-21)30(17-20-10-5-6-12-22(20)27)26(32)24-14-13-23(29-24)19-8-3-2-4-9-19/h2-6,8-10,12-14,18,21,29H,7,11,15-17H2,1H3,(H,28,31). The number of benzene rings is 2. The first-order chi connectivity index (χ1) is 16.0. The smallest absolute Gasteiger partial charge is 0.271 e. The summed E-state index contributed by atoms with van der Waals surface area (Å²) in [4.78, 5) is 31.3. The molecule has 2 unspecified atom stereocenters. The molecular formula is C26H28ClN3O3. The molecule has 1 saturated heterocycles. The van der Waals surface area contributed by atoms with Crippen molar-refractivity contribution in [1.82, 2.24) is 15.2 Å². The second kappa shape index (κ2) is 10.7. The number of ether oxygens (including phenoxy) is 1.